The molecule has 5 aromatic rings. The second kappa shape index (κ2) is 7.22. The summed E-state index contributed by atoms with van der Waals surface area (Å²) in [5.41, 5.74) is 5.87. The van der Waals surface area contributed by atoms with E-state index in [0.717, 1.165) is 17.9 Å². The molecule has 0 fully saturated rings. The van der Waals surface area contributed by atoms with Crippen molar-refractivity contribution in [2.75, 3.05) is 0 Å². The van der Waals surface area contributed by atoms with Gasteiger partial charge in [-0.3, -0.25) is 0 Å². The quantitative estimate of drug-likeness (QED) is 0.413. The number of H-pyrrole nitrogens is 1. The summed E-state index contributed by atoms with van der Waals surface area (Å²) in [5.74, 6) is 0. The van der Waals surface area contributed by atoms with Gasteiger partial charge in [0.15, 0.2) is 0 Å². The second-order valence-electron chi connectivity index (χ2n) is 7.58. The third-order valence-electron chi connectivity index (χ3n) is 5.69. The number of fused-ring (bicyclic) bond motifs is 2. The number of para-hydroxylation sites is 1. The smallest absolute Gasteiger partial charge is 0.0727 e. The van der Waals surface area contributed by atoms with Crippen LogP contribution >= 0.6 is 0 Å². The molecule has 0 saturated heterocycles. The normalized spacial score (nSPS) is 12.6. The Morgan fingerprint density at radius 3 is 2.59 bits per heavy atom. The van der Waals surface area contributed by atoms with E-state index in [-0.39, 0.29) is 6.04 Å². The van der Waals surface area contributed by atoms with Gasteiger partial charge in [-0.15, -0.1) is 0 Å². The van der Waals surface area contributed by atoms with Crippen LogP contribution in [0.15, 0.2) is 79.0 Å². The van der Waals surface area contributed by atoms with Crippen molar-refractivity contribution in [2.24, 2.45) is 0 Å². The van der Waals surface area contributed by atoms with Gasteiger partial charge in [-0.25, -0.2) is 4.68 Å². The van der Waals surface area contributed by atoms with E-state index >= 15 is 0 Å². The summed E-state index contributed by atoms with van der Waals surface area (Å²) in [4.78, 5) is 3.48. The molecular weight excluding hydrogens is 356 g/mol. The van der Waals surface area contributed by atoms with Crippen LogP contribution in [-0.2, 0) is 6.54 Å². The lowest BCUT2D eigenvalue weighted by atomic mass is 10.1. The van der Waals surface area contributed by atoms with Crippen molar-refractivity contribution >= 4 is 21.7 Å². The number of aromatic nitrogens is 3. The van der Waals surface area contributed by atoms with E-state index in [1.165, 1.54) is 32.9 Å². The minimum Gasteiger partial charge on any atom is -0.357 e. The highest BCUT2D eigenvalue weighted by atomic mass is 15.3. The summed E-state index contributed by atoms with van der Waals surface area (Å²) in [6.45, 7) is 5.13. The highest BCUT2D eigenvalue weighted by Gasteiger charge is 2.15. The lowest BCUT2D eigenvalue weighted by Crippen LogP contribution is -2.18. The van der Waals surface area contributed by atoms with Crippen LogP contribution in [0.1, 0.15) is 29.9 Å². The van der Waals surface area contributed by atoms with Crippen molar-refractivity contribution in [3.63, 3.8) is 0 Å². The fourth-order valence-electron chi connectivity index (χ4n) is 4.08. The fourth-order valence-corrected chi connectivity index (χ4v) is 4.08. The van der Waals surface area contributed by atoms with E-state index in [0.29, 0.717) is 0 Å². The Bertz CT molecular complexity index is 1260. The van der Waals surface area contributed by atoms with Crippen molar-refractivity contribution in [1.29, 1.82) is 0 Å². The minimum absolute atomic E-state index is 0.199. The van der Waals surface area contributed by atoms with Crippen molar-refractivity contribution in [3.8, 4) is 5.69 Å². The lowest BCUT2D eigenvalue weighted by Gasteiger charge is -2.14. The first-order valence-corrected chi connectivity index (χ1v) is 10.0. The Kier molecular flexibility index (Phi) is 4.41. The van der Waals surface area contributed by atoms with Crippen LogP contribution in [0.25, 0.3) is 27.4 Å². The lowest BCUT2D eigenvalue weighted by molar-refractivity contribution is 0.566. The van der Waals surface area contributed by atoms with Crippen LogP contribution < -0.4 is 5.32 Å². The van der Waals surface area contributed by atoms with Gasteiger partial charge in [0.25, 0.3) is 0 Å². The van der Waals surface area contributed by atoms with E-state index in [2.05, 4.69) is 102 Å². The monoisotopic (exact) mass is 380 g/mol. The largest absolute Gasteiger partial charge is 0.357 e. The Morgan fingerprint density at radius 2 is 1.72 bits per heavy atom. The number of hydrogen-bond donors (Lipinski definition) is 2. The van der Waals surface area contributed by atoms with Gasteiger partial charge in [0.2, 0.25) is 0 Å². The van der Waals surface area contributed by atoms with Crippen molar-refractivity contribution in [2.45, 2.75) is 26.4 Å². The summed E-state index contributed by atoms with van der Waals surface area (Å²) in [6, 6.07) is 25.6. The van der Waals surface area contributed by atoms with Gasteiger partial charge in [-0.05, 0) is 42.8 Å². The van der Waals surface area contributed by atoms with Crippen LogP contribution in [0.5, 0.6) is 0 Å². The number of aromatic amines is 1. The molecule has 0 unspecified atom stereocenters. The van der Waals surface area contributed by atoms with Crippen molar-refractivity contribution in [3.05, 3.63) is 95.9 Å². The molecule has 4 nitrogen and oxygen atoms in total. The standard InChI is InChI=1S/C25H24N4/c1-17(26-15-21-14-20-9-4-6-12-24(20)28-21)23-16-27-29(18(23)2)25-13-7-10-19-8-3-5-11-22(19)25/h3-14,16-17,26,28H,15H2,1-2H3/t17-/m1/s1. The highest BCUT2D eigenvalue weighted by molar-refractivity contribution is 5.90. The zero-order chi connectivity index (χ0) is 19.8. The predicted molar refractivity (Wildman–Crippen MR) is 119 cm³/mol. The molecule has 2 aromatic heterocycles. The molecule has 2 heterocycles. The van der Waals surface area contributed by atoms with E-state index in [9.17, 15) is 0 Å². The Hall–Kier alpha value is -3.37. The highest BCUT2D eigenvalue weighted by Crippen LogP contribution is 2.26. The summed E-state index contributed by atoms with van der Waals surface area (Å²) in [7, 11) is 0. The van der Waals surface area contributed by atoms with E-state index in [4.69, 9.17) is 5.10 Å². The predicted octanol–water partition coefficient (Wildman–Crippen LogP) is 5.67. The fraction of sp³-hybridized carbons (Fsp3) is 0.160. The maximum Gasteiger partial charge on any atom is 0.0727 e. The minimum atomic E-state index is 0.199. The molecule has 0 amide bonds. The van der Waals surface area contributed by atoms with Gasteiger partial charge in [-0.2, -0.15) is 5.10 Å². The van der Waals surface area contributed by atoms with Crippen molar-refractivity contribution < 1.29 is 0 Å². The number of nitrogens with zero attached hydrogens (tertiary/aromatic N) is 2. The Balaban J connectivity index is 1.40. The molecule has 0 spiro atoms. The first-order valence-electron chi connectivity index (χ1n) is 10.0. The molecule has 0 aliphatic carbocycles. The third-order valence-corrected chi connectivity index (χ3v) is 5.69. The van der Waals surface area contributed by atoms with Gasteiger partial charge in [0.05, 0.1) is 11.9 Å². The van der Waals surface area contributed by atoms with Gasteiger partial charge in [-0.1, -0.05) is 54.6 Å². The number of nitrogens with one attached hydrogen (secondary N) is 2. The molecule has 0 bridgehead atoms. The van der Waals surface area contributed by atoms with E-state index in [1.807, 2.05) is 6.20 Å². The molecule has 5 rings (SSSR count). The molecule has 0 radical (unpaired) electrons. The molecule has 0 saturated carbocycles. The van der Waals surface area contributed by atoms with Crippen LogP contribution in [0.3, 0.4) is 0 Å². The summed E-state index contributed by atoms with van der Waals surface area (Å²) < 4.78 is 2.05. The summed E-state index contributed by atoms with van der Waals surface area (Å²) in [5, 5.41) is 12.0. The Morgan fingerprint density at radius 1 is 0.966 bits per heavy atom. The van der Waals surface area contributed by atoms with Crippen LogP contribution in [0.2, 0.25) is 0 Å². The second-order valence-corrected chi connectivity index (χ2v) is 7.58. The molecule has 1 atom stereocenters. The van der Waals surface area contributed by atoms with E-state index in [1.54, 1.807) is 0 Å². The van der Waals surface area contributed by atoms with Gasteiger partial charge < -0.3 is 10.3 Å². The molecule has 144 valence electrons. The molecule has 2 N–H and O–H groups in total. The number of benzene rings is 3. The molecule has 3 aromatic carbocycles. The first-order chi connectivity index (χ1) is 14.2. The maximum atomic E-state index is 4.72. The zero-order valence-electron chi connectivity index (χ0n) is 16.7. The molecule has 4 heteroatoms. The molecule has 0 aliphatic rings. The van der Waals surface area contributed by atoms with Crippen LogP contribution in [0.4, 0.5) is 0 Å². The molecule has 29 heavy (non-hydrogen) atoms. The first kappa shape index (κ1) is 17.7. The third kappa shape index (κ3) is 3.22. The Labute approximate surface area is 170 Å². The van der Waals surface area contributed by atoms with Crippen LogP contribution in [-0.4, -0.2) is 14.8 Å². The van der Waals surface area contributed by atoms with E-state index < -0.39 is 0 Å². The summed E-state index contributed by atoms with van der Waals surface area (Å²) >= 11 is 0. The van der Waals surface area contributed by atoms with Gasteiger partial charge in [0.1, 0.15) is 0 Å². The molecule has 0 aliphatic heterocycles. The SMILES string of the molecule is Cc1c([C@@H](C)NCc2cc3ccccc3[nH]2)cnn1-c1cccc2ccccc12. The molecular formula is C25H24N4. The maximum absolute atomic E-state index is 4.72. The average molecular weight is 380 g/mol. The number of rotatable bonds is 5. The van der Waals surface area contributed by atoms with Crippen molar-refractivity contribution in [1.82, 2.24) is 20.1 Å². The van der Waals surface area contributed by atoms with Gasteiger partial charge in [0, 0.05) is 40.4 Å². The topological polar surface area (TPSA) is 45.6 Å². The van der Waals surface area contributed by atoms with Crippen LogP contribution in [0, 0.1) is 6.92 Å². The average Bonchev–Trinajstić information content (AvgIpc) is 3.34. The summed E-state index contributed by atoms with van der Waals surface area (Å²) in [6.07, 6.45) is 1.99. The van der Waals surface area contributed by atoms with Gasteiger partial charge >= 0.3 is 0 Å². The zero-order valence-corrected chi connectivity index (χ0v) is 16.7. The number of hydrogen-bond acceptors (Lipinski definition) is 2.